The van der Waals surface area contributed by atoms with Gasteiger partial charge in [0.05, 0.1) is 31.6 Å². The van der Waals surface area contributed by atoms with Gasteiger partial charge in [-0.1, -0.05) is 41.3 Å². The van der Waals surface area contributed by atoms with Gasteiger partial charge in [0.2, 0.25) is 21.7 Å². The first kappa shape index (κ1) is 34.2. The van der Waals surface area contributed by atoms with E-state index in [1.54, 1.807) is 4.72 Å². The van der Waals surface area contributed by atoms with Gasteiger partial charge in [0.15, 0.2) is 5.01 Å². The lowest BCUT2D eigenvalue weighted by Gasteiger charge is -2.22. The summed E-state index contributed by atoms with van der Waals surface area (Å²) < 4.78 is 77.9. The minimum Gasteiger partial charge on any atom is -0.481 e. The molecule has 2 heterocycles. The number of thiazole rings is 1. The monoisotopic (exact) mass is 672 g/mol. The standard InChI is InChI=1S/C25H29Cl2F3N4O6S2/c1-7-15(25(28,29)30)34-42(37,38)14-9-8-12(17(26)18(14)27)19-13(10-24(4,5)39-6)31-21(41-19)20-32-16(40-33-20)11-23(2,3)22(35)36/h8-9,15,34H,7,10-11H2,1-6H3,(H,35,36). The number of aromatic nitrogens is 3. The van der Waals surface area contributed by atoms with Crippen molar-refractivity contribution in [3.63, 3.8) is 0 Å². The van der Waals surface area contributed by atoms with E-state index in [-0.39, 0.29) is 40.2 Å². The van der Waals surface area contributed by atoms with Crippen molar-refractivity contribution in [1.82, 2.24) is 19.8 Å². The maximum atomic E-state index is 13.3. The van der Waals surface area contributed by atoms with E-state index in [2.05, 4.69) is 15.1 Å². The van der Waals surface area contributed by atoms with Crippen molar-refractivity contribution >= 4 is 50.5 Å². The average Bonchev–Trinajstić information content (AvgIpc) is 3.49. The summed E-state index contributed by atoms with van der Waals surface area (Å²) in [5.41, 5.74) is -1.13. The maximum absolute atomic E-state index is 13.3. The second-order valence-electron chi connectivity index (χ2n) is 10.7. The van der Waals surface area contributed by atoms with Gasteiger partial charge in [0, 0.05) is 25.5 Å². The highest BCUT2D eigenvalue weighted by Crippen LogP contribution is 2.44. The van der Waals surface area contributed by atoms with Crippen molar-refractivity contribution in [3.8, 4) is 21.3 Å². The Hall–Kier alpha value is -2.30. The Morgan fingerprint density at radius 2 is 1.79 bits per heavy atom. The molecular weight excluding hydrogens is 644 g/mol. The average molecular weight is 674 g/mol. The molecule has 0 aliphatic carbocycles. The van der Waals surface area contributed by atoms with Crippen LogP contribution in [0.5, 0.6) is 0 Å². The predicted octanol–water partition coefficient (Wildman–Crippen LogP) is 6.41. The normalized spacial score (nSPS) is 13.9. The zero-order valence-electron chi connectivity index (χ0n) is 23.4. The molecular formula is C25H29Cl2F3N4O6S2. The number of methoxy groups -OCH3 is 1. The van der Waals surface area contributed by atoms with Crippen LogP contribution in [0.1, 0.15) is 52.6 Å². The van der Waals surface area contributed by atoms with Crippen molar-refractivity contribution in [3.05, 3.63) is 33.8 Å². The fourth-order valence-electron chi connectivity index (χ4n) is 3.67. The summed E-state index contributed by atoms with van der Waals surface area (Å²) in [5.74, 6) is -0.874. The van der Waals surface area contributed by atoms with E-state index in [1.807, 2.05) is 13.8 Å². The number of carboxylic acids is 1. The lowest BCUT2D eigenvalue weighted by molar-refractivity contribution is -0.151. The lowest BCUT2D eigenvalue weighted by atomic mass is 9.90. The van der Waals surface area contributed by atoms with Gasteiger partial charge < -0.3 is 14.4 Å². The van der Waals surface area contributed by atoms with Crippen LogP contribution >= 0.6 is 34.5 Å². The van der Waals surface area contributed by atoms with Gasteiger partial charge >= 0.3 is 12.1 Å². The fraction of sp³-hybridized carbons (Fsp3) is 0.520. The number of halogens is 5. The SMILES string of the molecule is CCC(NS(=O)(=O)c1ccc(-c2sc(-c3noc(CC(C)(C)C(=O)O)n3)nc2CC(C)(C)OC)c(Cl)c1Cl)C(F)(F)F. The second kappa shape index (κ2) is 12.4. The van der Waals surface area contributed by atoms with Gasteiger partial charge in [-0.2, -0.15) is 22.9 Å². The molecule has 2 N–H and O–H groups in total. The number of carbonyl (C=O) groups is 1. The first-order chi connectivity index (χ1) is 19.2. The van der Waals surface area contributed by atoms with E-state index in [0.29, 0.717) is 10.6 Å². The van der Waals surface area contributed by atoms with Gasteiger partial charge in [-0.15, -0.1) is 11.3 Å². The highest BCUT2D eigenvalue weighted by molar-refractivity contribution is 7.89. The number of carboxylic acid groups (broad SMARTS) is 1. The Morgan fingerprint density at radius 1 is 1.14 bits per heavy atom. The first-order valence-corrected chi connectivity index (χ1v) is 15.5. The molecule has 1 atom stereocenters. The molecule has 232 valence electrons. The number of aliphatic carboxylic acids is 1. The number of sulfonamides is 1. The smallest absolute Gasteiger partial charge is 0.404 e. The molecule has 42 heavy (non-hydrogen) atoms. The molecule has 0 bridgehead atoms. The fourth-order valence-corrected chi connectivity index (χ4v) is 6.93. The van der Waals surface area contributed by atoms with Gasteiger partial charge in [-0.3, -0.25) is 4.79 Å². The topological polar surface area (TPSA) is 145 Å². The Morgan fingerprint density at radius 3 is 2.33 bits per heavy atom. The summed E-state index contributed by atoms with van der Waals surface area (Å²) in [6.45, 7) is 7.86. The second-order valence-corrected chi connectivity index (χ2v) is 14.1. The lowest BCUT2D eigenvalue weighted by Crippen LogP contribution is -2.44. The van der Waals surface area contributed by atoms with Crippen LogP contribution in [0.25, 0.3) is 21.3 Å². The highest BCUT2D eigenvalue weighted by atomic mass is 35.5. The zero-order chi connectivity index (χ0) is 31.8. The van der Waals surface area contributed by atoms with Crippen LogP contribution in [0.4, 0.5) is 13.2 Å². The summed E-state index contributed by atoms with van der Waals surface area (Å²) in [7, 11) is -3.18. The van der Waals surface area contributed by atoms with Crippen LogP contribution in [-0.4, -0.2) is 59.5 Å². The summed E-state index contributed by atoms with van der Waals surface area (Å²) in [6, 6.07) is 0.0829. The summed E-state index contributed by atoms with van der Waals surface area (Å²) in [6.07, 6.45) is -5.11. The largest absolute Gasteiger partial charge is 0.481 e. The zero-order valence-corrected chi connectivity index (χ0v) is 26.5. The molecule has 1 aromatic carbocycles. The minimum atomic E-state index is -4.81. The van der Waals surface area contributed by atoms with E-state index in [9.17, 15) is 31.5 Å². The number of nitrogens with zero attached hydrogens (tertiary/aromatic N) is 3. The van der Waals surface area contributed by atoms with Crippen molar-refractivity contribution in [1.29, 1.82) is 0 Å². The summed E-state index contributed by atoms with van der Waals surface area (Å²) in [4.78, 5) is 20.3. The third-order valence-corrected chi connectivity index (χ3v) is 9.99. The van der Waals surface area contributed by atoms with E-state index in [0.717, 1.165) is 17.4 Å². The van der Waals surface area contributed by atoms with Crippen LogP contribution in [0, 0.1) is 5.41 Å². The molecule has 1 unspecified atom stereocenters. The van der Waals surface area contributed by atoms with Crippen molar-refractivity contribution in [2.45, 2.75) is 76.6 Å². The maximum Gasteiger partial charge on any atom is 0.404 e. The number of ether oxygens (including phenoxy) is 1. The Bertz CT molecular complexity index is 1570. The Labute approximate surface area is 254 Å². The summed E-state index contributed by atoms with van der Waals surface area (Å²) in [5, 5.41) is 12.9. The molecule has 17 heteroatoms. The molecule has 3 rings (SSSR count). The third-order valence-electron chi connectivity index (χ3n) is 6.36. The third kappa shape index (κ3) is 7.61. The molecule has 10 nitrogen and oxygen atoms in total. The van der Waals surface area contributed by atoms with Crippen LogP contribution in [-0.2, 0) is 32.4 Å². The Kier molecular flexibility index (Phi) is 10.1. The van der Waals surface area contributed by atoms with Crippen molar-refractivity contribution < 1.29 is 40.8 Å². The predicted molar refractivity (Wildman–Crippen MR) is 151 cm³/mol. The van der Waals surface area contributed by atoms with Gasteiger partial charge in [0.1, 0.15) is 10.9 Å². The summed E-state index contributed by atoms with van der Waals surface area (Å²) >= 11 is 14.0. The quantitative estimate of drug-likeness (QED) is 0.223. The van der Waals surface area contributed by atoms with E-state index < -0.39 is 55.6 Å². The van der Waals surface area contributed by atoms with E-state index in [4.69, 9.17) is 32.5 Å². The molecule has 0 aliphatic heterocycles. The molecule has 0 spiro atoms. The van der Waals surface area contributed by atoms with E-state index in [1.165, 1.54) is 33.9 Å². The number of rotatable bonds is 12. The van der Waals surface area contributed by atoms with Crippen molar-refractivity contribution in [2.24, 2.45) is 5.41 Å². The molecule has 0 saturated heterocycles. The van der Waals surface area contributed by atoms with Crippen molar-refractivity contribution in [2.75, 3.05) is 7.11 Å². The molecule has 2 aromatic heterocycles. The van der Waals surface area contributed by atoms with Crippen LogP contribution in [0.3, 0.4) is 0 Å². The molecule has 0 fully saturated rings. The number of nitrogens with one attached hydrogen (secondary N) is 1. The number of hydrogen-bond donors (Lipinski definition) is 2. The van der Waals surface area contributed by atoms with Gasteiger partial charge in [-0.25, -0.2) is 13.4 Å². The first-order valence-electron chi connectivity index (χ1n) is 12.4. The molecule has 0 amide bonds. The molecule has 0 aliphatic rings. The Balaban J connectivity index is 2.09. The molecule has 0 radical (unpaired) electrons. The van der Waals surface area contributed by atoms with Crippen LogP contribution in [0.2, 0.25) is 10.0 Å². The number of benzene rings is 1. The molecule has 0 saturated carbocycles. The number of hydrogen-bond acceptors (Lipinski definition) is 9. The highest BCUT2D eigenvalue weighted by Gasteiger charge is 2.41. The van der Waals surface area contributed by atoms with Gasteiger partial charge in [0.25, 0.3) is 0 Å². The van der Waals surface area contributed by atoms with Gasteiger partial charge in [-0.05, 0) is 40.2 Å². The molecule has 3 aromatic rings. The minimum absolute atomic E-state index is 0.0320. The van der Waals surface area contributed by atoms with E-state index >= 15 is 0 Å². The van der Waals surface area contributed by atoms with Crippen LogP contribution in [0.15, 0.2) is 21.6 Å². The number of alkyl halides is 3. The van der Waals surface area contributed by atoms with Crippen LogP contribution < -0.4 is 4.72 Å².